The average molecular weight is 243 g/mol. The lowest BCUT2D eigenvalue weighted by atomic mass is 10.0. The first kappa shape index (κ1) is 14.5. The first-order chi connectivity index (χ1) is 8.12. The molecule has 100 valence electrons. The molecule has 1 aliphatic rings. The van der Waals surface area contributed by atoms with Crippen LogP contribution in [0.1, 0.15) is 46.5 Å². The Kier molecular flexibility index (Phi) is 5.92. The van der Waals surface area contributed by atoms with E-state index in [4.69, 9.17) is 9.47 Å². The fourth-order valence-electron chi connectivity index (χ4n) is 2.20. The molecule has 0 saturated heterocycles. The zero-order valence-corrected chi connectivity index (χ0v) is 11.3. The lowest BCUT2D eigenvalue weighted by molar-refractivity contribution is -0.154. The molecule has 17 heavy (non-hydrogen) atoms. The highest BCUT2D eigenvalue weighted by atomic mass is 16.5. The summed E-state index contributed by atoms with van der Waals surface area (Å²) in [5.41, 5.74) is -0.715. The van der Waals surface area contributed by atoms with Crippen molar-refractivity contribution < 1.29 is 14.3 Å². The summed E-state index contributed by atoms with van der Waals surface area (Å²) in [5, 5.41) is 3.17. The van der Waals surface area contributed by atoms with Gasteiger partial charge >= 0.3 is 5.97 Å². The highest BCUT2D eigenvalue weighted by molar-refractivity contribution is 5.80. The molecule has 4 heteroatoms. The van der Waals surface area contributed by atoms with Crippen molar-refractivity contribution in [2.24, 2.45) is 0 Å². The highest BCUT2D eigenvalue weighted by Crippen LogP contribution is 2.22. The summed E-state index contributed by atoms with van der Waals surface area (Å²) in [5.74, 6) is -0.222. The summed E-state index contributed by atoms with van der Waals surface area (Å²) in [4.78, 5) is 11.9. The number of rotatable bonds is 7. The second-order valence-electron chi connectivity index (χ2n) is 4.80. The van der Waals surface area contributed by atoms with Gasteiger partial charge in [0.15, 0.2) is 0 Å². The van der Waals surface area contributed by atoms with Gasteiger partial charge in [-0.2, -0.15) is 0 Å². The van der Waals surface area contributed by atoms with E-state index in [1.54, 1.807) is 0 Å². The van der Waals surface area contributed by atoms with Gasteiger partial charge in [-0.1, -0.05) is 19.8 Å². The Hall–Kier alpha value is -0.610. The maximum Gasteiger partial charge on any atom is 0.328 e. The molecule has 1 N–H and O–H groups in total. The first-order valence-corrected chi connectivity index (χ1v) is 6.66. The Labute approximate surface area is 104 Å². The van der Waals surface area contributed by atoms with Crippen LogP contribution in [0, 0.1) is 0 Å². The van der Waals surface area contributed by atoms with Crippen LogP contribution in [-0.2, 0) is 14.3 Å². The lowest BCUT2D eigenvalue weighted by Crippen LogP contribution is -2.54. The van der Waals surface area contributed by atoms with Crippen LogP contribution in [0.4, 0.5) is 0 Å². The van der Waals surface area contributed by atoms with E-state index in [0.717, 1.165) is 19.4 Å². The van der Waals surface area contributed by atoms with Crippen molar-refractivity contribution in [1.29, 1.82) is 0 Å². The van der Waals surface area contributed by atoms with Crippen molar-refractivity contribution in [2.45, 2.75) is 58.1 Å². The molecule has 1 aliphatic carbocycles. The van der Waals surface area contributed by atoms with Gasteiger partial charge < -0.3 is 14.8 Å². The smallest absolute Gasteiger partial charge is 0.328 e. The summed E-state index contributed by atoms with van der Waals surface area (Å²) < 4.78 is 10.9. The maximum atomic E-state index is 11.9. The molecule has 0 aromatic rings. The first-order valence-electron chi connectivity index (χ1n) is 6.66. The summed E-state index contributed by atoms with van der Waals surface area (Å²) in [6.07, 6.45) is 5.03. The van der Waals surface area contributed by atoms with Gasteiger partial charge in [-0.05, 0) is 33.2 Å². The Morgan fingerprint density at radius 2 is 2.00 bits per heavy atom. The van der Waals surface area contributed by atoms with Crippen LogP contribution in [-0.4, -0.2) is 37.4 Å². The number of hydrogen-bond acceptors (Lipinski definition) is 4. The maximum absolute atomic E-state index is 11.9. The van der Waals surface area contributed by atoms with Crippen molar-refractivity contribution in [3.05, 3.63) is 0 Å². The Morgan fingerprint density at radius 1 is 1.35 bits per heavy atom. The Morgan fingerprint density at radius 3 is 2.53 bits per heavy atom. The van der Waals surface area contributed by atoms with Gasteiger partial charge in [0.1, 0.15) is 5.54 Å². The standard InChI is InChI=1S/C13H25NO3/c1-4-14-13(3,12(15)16-5-2)10-17-11-8-6-7-9-11/h11,14H,4-10H2,1-3H3. The third-order valence-corrected chi connectivity index (χ3v) is 3.20. The van der Waals surface area contributed by atoms with E-state index < -0.39 is 5.54 Å². The van der Waals surface area contributed by atoms with E-state index >= 15 is 0 Å². The second-order valence-corrected chi connectivity index (χ2v) is 4.80. The molecular formula is C13H25NO3. The van der Waals surface area contributed by atoms with Crippen molar-refractivity contribution in [1.82, 2.24) is 5.32 Å². The molecule has 4 nitrogen and oxygen atoms in total. The van der Waals surface area contributed by atoms with Crippen LogP contribution in [0.15, 0.2) is 0 Å². The van der Waals surface area contributed by atoms with Gasteiger partial charge in [0.05, 0.1) is 19.3 Å². The van der Waals surface area contributed by atoms with Crippen LogP contribution in [0.3, 0.4) is 0 Å². The summed E-state index contributed by atoms with van der Waals surface area (Å²) in [6.45, 7) is 7.18. The third kappa shape index (κ3) is 4.28. The van der Waals surface area contributed by atoms with Crippen molar-refractivity contribution >= 4 is 5.97 Å². The molecule has 0 spiro atoms. The molecule has 1 saturated carbocycles. The number of likely N-dealkylation sites (N-methyl/N-ethyl adjacent to an activating group) is 1. The van der Waals surface area contributed by atoms with E-state index in [-0.39, 0.29) is 5.97 Å². The van der Waals surface area contributed by atoms with Gasteiger partial charge in [0.25, 0.3) is 0 Å². The topological polar surface area (TPSA) is 47.6 Å². The minimum atomic E-state index is -0.715. The quantitative estimate of drug-likeness (QED) is 0.694. The highest BCUT2D eigenvalue weighted by Gasteiger charge is 2.35. The number of esters is 1. The number of carbonyl (C=O) groups is 1. The number of nitrogens with one attached hydrogen (secondary N) is 1. The Bertz CT molecular complexity index is 239. The van der Waals surface area contributed by atoms with Gasteiger partial charge in [-0.15, -0.1) is 0 Å². The zero-order chi connectivity index (χ0) is 12.7. The predicted molar refractivity (Wildman–Crippen MR) is 66.9 cm³/mol. The molecule has 0 heterocycles. The summed E-state index contributed by atoms with van der Waals surface area (Å²) >= 11 is 0. The van der Waals surface area contributed by atoms with Crippen LogP contribution in [0.2, 0.25) is 0 Å². The Balaban J connectivity index is 2.47. The van der Waals surface area contributed by atoms with Crippen LogP contribution in [0.25, 0.3) is 0 Å². The fraction of sp³-hybridized carbons (Fsp3) is 0.923. The molecule has 1 fully saturated rings. The molecule has 0 radical (unpaired) electrons. The van der Waals surface area contributed by atoms with E-state index in [2.05, 4.69) is 5.32 Å². The SMILES string of the molecule is CCNC(C)(COC1CCCC1)C(=O)OCC. The number of ether oxygens (including phenoxy) is 2. The van der Waals surface area contributed by atoms with Gasteiger partial charge in [-0.25, -0.2) is 4.79 Å². The third-order valence-electron chi connectivity index (χ3n) is 3.20. The number of hydrogen-bond donors (Lipinski definition) is 1. The largest absolute Gasteiger partial charge is 0.465 e. The van der Waals surface area contributed by atoms with Gasteiger partial charge in [-0.3, -0.25) is 0 Å². The van der Waals surface area contributed by atoms with Crippen LogP contribution in [0.5, 0.6) is 0 Å². The molecule has 0 aliphatic heterocycles. The molecular weight excluding hydrogens is 218 g/mol. The van der Waals surface area contributed by atoms with E-state index in [1.165, 1.54) is 12.8 Å². The normalized spacial score (nSPS) is 20.2. The average Bonchev–Trinajstić information content (AvgIpc) is 2.80. The van der Waals surface area contributed by atoms with Crippen LogP contribution >= 0.6 is 0 Å². The fourth-order valence-corrected chi connectivity index (χ4v) is 2.20. The second kappa shape index (κ2) is 6.97. The van der Waals surface area contributed by atoms with Gasteiger partial charge in [0.2, 0.25) is 0 Å². The molecule has 0 aromatic carbocycles. The minimum Gasteiger partial charge on any atom is -0.465 e. The molecule has 1 rings (SSSR count). The summed E-state index contributed by atoms with van der Waals surface area (Å²) in [7, 11) is 0. The molecule has 0 bridgehead atoms. The van der Waals surface area contributed by atoms with E-state index in [1.807, 2.05) is 20.8 Å². The van der Waals surface area contributed by atoms with Crippen molar-refractivity contribution in [3.63, 3.8) is 0 Å². The molecule has 0 amide bonds. The predicted octanol–water partition coefficient (Wildman–Crippen LogP) is 1.88. The van der Waals surface area contributed by atoms with E-state index in [9.17, 15) is 4.79 Å². The number of carbonyl (C=O) groups excluding carboxylic acids is 1. The van der Waals surface area contributed by atoms with Crippen molar-refractivity contribution in [3.8, 4) is 0 Å². The zero-order valence-electron chi connectivity index (χ0n) is 11.3. The van der Waals surface area contributed by atoms with Crippen molar-refractivity contribution in [2.75, 3.05) is 19.8 Å². The molecule has 1 unspecified atom stereocenters. The summed E-state index contributed by atoms with van der Waals surface area (Å²) in [6, 6.07) is 0. The minimum absolute atomic E-state index is 0.222. The van der Waals surface area contributed by atoms with Crippen LogP contribution < -0.4 is 5.32 Å². The van der Waals surface area contributed by atoms with E-state index in [0.29, 0.717) is 19.3 Å². The lowest BCUT2D eigenvalue weighted by Gasteiger charge is -2.29. The monoisotopic (exact) mass is 243 g/mol. The molecule has 0 aromatic heterocycles. The van der Waals surface area contributed by atoms with Gasteiger partial charge in [0, 0.05) is 0 Å². The molecule has 1 atom stereocenters.